The van der Waals surface area contributed by atoms with Gasteiger partial charge in [0.15, 0.2) is 0 Å². The highest BCUT2D eigenvalue weighted by Gasteiger charge is 2.22. The number of ether oxygens (including phenoxy) is 2. The summed E-state index contributed by atoms with van der Waals surface area (Å²) in [6.45, 7) is 4.90. The molecule has 1 amide bonds. The van der Waals surface area contributed by atoms with E-state index in [0.29, 0.717) is 24.3 Å². The molecule has 3 heterocycles. The van der Waals surface area contributed by atoms with Gasteiger partial charge in [0.1, 0.15) is 17.6 Å². The third-order valence-corrected chi connectivity index (χ3v) is 6.23. The van der Waals surface area contributed by atoms with Crippen LogP contribution < -0.4 is 14.8 Å². The van der Waals surface area contributed by atoms with Gasteiger partial charge in [0, 0.05) is 41.2 Å². The van der Waals surface area contributed by atoms with Crippen LogP contribution in [0.1, 0.15) is 25.0 Å². The summed E-state index contributed by atoms with van der Waals surface area (Å²) < 4.78 is 17.4. The lowest BCUT2D eigenvalue weighted by atomic mass is 10.1. The molecule has 0 unspecified atom stereocenters. The second kappa shape index (κ2) is 9.19. The number of benzene rings is 2. The lowest BCUT2D eigenvalue weighted by molar-refractivity contribution is -0.118. The number of thioether (sulfide) groups is 1. The zero-order valence-corrected chi connectivity index (χ0v) is 19.2. The van der Waals surface area contributed by atoms with E-state index in [1.165, 1.54) is 11.8 Å². The summed E-state index contributed by atoms with van der Waals surface area (Å²) in [5, 5.41) is 12.5. The summed E-state index contributed by atoms with van der Waals surface area (Å²) in [7, 11) is 0. The number of aromatic amines is 1. The monoisotopic (exact) mass is 464 g/mol. The van der Waals surface area contributed by atoms with Crippen molar-refractivity contribution in [1.29, 1.82) is 0 Å². The molecule has 1 aliphatic rings. The third-order valence-electron chi connectivity index (χ3n) is 5.41. The van der Waals surface area contributed by atoms with Crippen LogP contribution in [0, 0.1) is 0 Å². The van der Waals surface area contributed by atoms with E-state index in [1.807, 2.05) is 56.4 Å². The molecule has 0 bridgehead atoms. The maximum absolute atomic E-state index is 12.5. The van der Waals surface area contributed by atoms with Crippen molar-refractivity contribution in [2.24, 2.45) is 0 Å². The Morgan fingerprint density at radius 3 is 3.06 bits per heavy atom. The fourth-order valence-corrected chi connectivity index (χ4v) is 4.50. The molecule has 1 aliphatic heterocycles. The highest BCUT2D eigenvalue weighted by atomic mass is 32.2. The number of nitrogens with one attached hydrogen (secondary N) is 2. The molecule has 5 rings (SSSR count). The number of para-hydroxylation sites is 1. The first-order chi connectivity index (χ1) is 16.1. The van der Waals surface area contributed by atoms with Crippen molar-refractivity contribution < 1.29 is 18.7 Å². The number of aromatic nitrogens is 3. The van der Waals surface area contributed by atoms with Crippen LogP contribution >= 0.6 is 11.8 Å². The predicted molar refractivity (Wildman–Crippen MR) is 126 cm³/mol. The van der Waals surface area contributed by atoms with Gasteiger partial charge in [-0.3, -0.25) is 4.79 Å². The van der Waals surface area contributed by atoms with E-state index in [9.17, 15) is 4.79 Å². The minimum atomic E-state index is -0.135. The maximum Gasteiger partial charge on any atom is 0.277 e. The molecular formula is C24H24N4O4S. The van der Waals surface area contributed by atoms with Crippen molar-refractivity contribution in [2.45, 2.75) is 38.1 Å². The van der Waals surface area contributed by atoms with Gasteiger partial charge in [-0.1, -0.05) is 30.0 Å². The number of H-pyrrole nitrogens is 1. The van der Waals surface area contributed by atoms with Crippen molar-refractivity contribution in [3.05, 3.63) is 53.7 Å². The summed E-state index contributed by atoms with van der Waals surface area (Å²) in [4.78, 5) is 15.6. The Hall–Kier alpha value is -3.46. The number of amides is 1. The molecule has 2 aromatic heterocycles. The highest BCUT2D eigenvalue weighted by molar-refractivity contribution is 7.99. The smallest absolute Gasteiger partial charge is 0.277 e. The Labute approximate surface area is 195 Å². The number of carbonyl (C=O) groups excluding carboxylic acids is 1. The van der Waals surface area contributed by atoms with E-state index in [2.05, 4.69) is 20.5 Å². The Bertz CT molecular complexity index is 1300. The summed E-state index contributed by atoms with van der Waals surface area (Å²) in [5.74, 6) is 2.09. The number of hydrogen-bond donors (Lipinski definition) is 2. The number of hydrogen-bond acceptors (Lipinski definition) is 7. The van der Waals surface area contributed by atoms with Crippen molar-refractivity contribution in [1.82, 2.24) is 20.5 Å². The van der Waals surface area contributed by atoms with Crippen molar-refractivity contribution in [2.75, 3.05) is 12.4 Å². The minimum absolute atomic E-state index is 0.135. The van der Waals surface area contributed by atoms with Crippen molar-refractivity contribution in [3.8, 4) is 23.0 Å². The van der Waals surface area contributed by atoms with Gasteiger partial charge in [-0.05, 0) is 32.0 Å². The Kier molecular flexibility index (Phi) is 5.95. The molecule has 9 heteroatoms. The Morgan fingerprint density at radius 2 is 2.18 bits per heavy atom. The van der Waals surface area contributed by atoms with Crippen molar-refractivity contribution in [3.63, 3.8) is 0 Å². The first-order valence-corrected chi connectivity index (χ1v) is 11.8. The topological polar surface area (TPSA) is 102 Å². The lowest BCUT2D eigenvalue weighted by Crippen LogP contribution is -2.25. The van der Waals surface area contributed by atoms with Gasteiger partial charge < -0.3 is 24.2 Å². The minimum Gasteiger partial charge on any atom is -0.494 e. The van der Waals surface area contributed by atoms with Gasteiger partial charge >= 0.3 is 0 Å². The maximum atomic E-state index is 12.5. The number of fused-ring (bicyclic) bond motifs is 2. The van der Waals surface area contributed by atoms with E-state index in [-0.39, 0.29) is 17.8 Å². The molecule has 0 spiro atoms. The van der Waals surface area contributed by atoms with Crippen LogP contribution in [0.5, 0.6) is 11.5 Å². The number of carbonyl (C=O) groups is 1. The van der Waals surface area contributed by atoms with E-state index in [1.54, 1.807) is 0 Å². The van der Waals surface area contributed by atoms with Crippen LogP contribution in [0.2, 0.25) is 0 Å². The molecule has 0 saturated heterocycles. The zero-order valence-electron chi connectivity index (χ0n) is 18.4. The van der Waals surface area contributed by atoms with E-state index >= 15 is 0 Å². The van der Waals surface area contributed by atoms with Crippen LogP contribution in [-0.2, 0) is 17.8 Å². The first-order valence-electron chi connectivity index (χ1n) is 10.9. The molecule has 0 aliphatic carbocycles. The first kappa shape index (κ1) is 21.4. The van der Waals surface area contributed by atoms with Gasteiger partial charge in [0.05, 0.1) is 17.9 Å². The standard InChI is InChI=1S/C24H24N4O4S/c1-3-30-20-9-15-8-14(2)31-21(15)10-16(20)11-26-22(29)13-33-24-28-27-23(32-24)18-12-25-19-7-5-4-6-17(18)19/h4-7,9-10,12,14,25H,3,8,11,13H2,1-2H3,(H,26,29)/t14-/m1/s1. The van der Waals surface area contributed by atoms with Gasteiger partial charge in [-0.25, -0.2) is 0 Å². The molecule has 8 nitrogen and oxygen atoms in total. The van der Waals surface area contributed by atoms with E-state index in [4.69, 9.17) is 13.9 Å². The van der Waals surface area contributed by atoms with Gasteiger partial charge in [-0.15, -0.1) is 10.2 Å². The van der Waals surface area contributed by atoms with Crippen LogP contribution in [-0.4, -0.2) is 39.6 Å². The fourth-order valence-electron chi connectivity index (χ4n) is 3.91. The SMILES string of the molecule is CCOc1cc2c(cc1CNC(=O)CSc1nnc(-c3c[nH]c4ccccc34)o1)O[C@H](C)C2. The van der Waals surface area contributed by atoms with Crippen LogP contribution in [0.4, 0.5) is 0 Å². The molecule has 0 fully saturated rings. The normalized spacial score (nSPS) is 14.8. The number of rotatable bonds is 8. The molecule has 2 aromatic carbocycles. The molecule has 0 saturated carbocycles. The molecular weight excluding hydrogens is 440 g/mol. The molecule has 0 radical (unpaired) electrons. The predicted octanol–water partition coefficient (Wildman–Crippen LogP) is 4.35. The zero-order chi connectivity index (χ0) is 22.8. The fraction of sp³-hybridized carbons (Fsp3) is 0.292. The Balaban J connectivity index is 1.20. The quantitative estimate of drug-likeness (QED) is 0.374. The second-order valence-corrected chi connectivity index (χ2v) is 8.75. The summed E-state index contributed by atoms with van der Waals surface area (Å²) in [5.41, 5.74) is 3.87. The van der Waals surface area contributed by atoms with Crippen LogP contribution in [0.15, 0.2) is 52.2 Å². The van der Waals surface area contributed by atoms with Crippen LogP contribution in [0.25, 0.3) is 22.4 Å². The van der Waals surface area contributed by atoms with Crippen molar-refractivity contribution >= 4 is 28.6 Å². The average Bonchev–Trinajstić information content (AvgIpc) is 3.53. The largest absolute Gasteiger partial charge is 0.494 e. The average molecular weight is 465 g/mol. The molecule has 1 atom stereocenters. The third kappa shape index (κ3) is 4.54. The van der Waals surface area contributed by atoms with Gasteiger partial charge in [0.2, 0.25) is 5.91 Å². The molecule has 2 N–H and O–H groups in total. The lowest BCUT2D eigenvalue weighted by Gasteiger charge is -2.13. The van der Waals surface area contributed by atoms with E-state index < -0.39 is 0 Å². The molecule has 33 heavy (non-hydrogen) atoms. The highest BCUT2D eigenvalue weighted by Crippen LogP contribution is 2.35. The second-order valence-electron chi connectivity index (χ2n) is 7.82. The number of nitrogens with zero attached hydrogens (tertiary/aromatic N) is 2. The molecule has 170 valence electrons. The molecule has 4 aromatic rings. The van der Waals surface area contributed by atoms with Gasteiger partial charge in [0.25, 0.3) is 11.1 Å². The summed E-state index contributed by atoms with van der Waals surface area (Å²) >= 11 is 1.20. The summed E-state index contributed by atoms with van der Waals surface area (Å²) in [6, 6.07) is 11.9. The summed E-state index contributed by atoms with van der Waals surface area (Å²) in [6.07, 6.45) is 2.86. The van der Waals surface area contributed by atoms with E-state index in [0.717, 1.165) is 45.5 Å². The van der Waals surface area contributed by atoms with Gasteiger partial charge in [-0.2, -0.15) is 0 Å². The van der Waals surface area contributed by atoms with Crippen LogP contribution in [0.3, 0.4) is 0 Å². The Morgan fingerprint density at radius 1 is 1.30 bits per heavy atom.